The predicted molar refractivity (Wildman–Crippen MR) is 115 cm³/mol. The van der Waals surface area contributed by atoms with Crippen LogP contribution in [0.15, 0.2) is 53.4 Å². The topological polar surface area (TPSA) is 110 Å². The molecule has 11 heteroatoms. The van der Waals surface area contributed by atoms with E-state index in [0.717, 1.165) is 6.20 Å². The van der Waals surface area contributed by atoms with Gasteiger partial charge in [-0.25, -0.2) is 18.7 Å². The summed E-state index contributed by atoms with van der Waals surface area (Å²) in [5.41, 5.74) is 1.86. The molecule has 1 aliphatic carbocycles. The highest BCUT2D eigenvalue weighted by molar-refractivity contribution is 5.75. The molecule has 4 aromatic rings. The fraction of sp³-hybridized carbons (Fsp3) is 0.261. The van der Waals surface area contributed by atoms with E-state index in [1.54, 1.807) is 39.9 Å². The van der Waals surface area contributed by atoms with Crippen molar-refractivity contribution in [2.75, 3.05) is 18.0 Å². The molecule has 1 saturated carbocycles. The van der Waals surface area contributed by atoms with Gasteiger partial charge in [-0.2, -0.15) is 5.10 Å². The Kier molecular flexibility index (Phi) is 4.64. The molecular weight excluding hydrogens is 446 g/mol. The Morgan fingerprint density at radius 3 is 2.62 bits per heavy atom. The van der Waals surface area contributed by atoms with E-state index in [9.17, 15) is 18.7 Å². The van der Waals surface area contributed by atoms with Crippen molar-refractivity contribution in [3.63, 3.8) is 0 Å². The van der Waals surface area contributed by atoms with Gasteiger partial charge in [0.15, 0.2) is 17.5 Å². The van der Waals surface area contributed by atoms with Gasteiger partial charge in [0.2, 0.25) is 0 Å². The largest absolute Gasteiger partial charge is 0.481 e. The van der Waals surface area contributed by atoms with Gasteiger partial charge in [-0.3, -0.25) is 9.48 Å². The van der Waals surface area contributed by atoms with Crippen LogP contribution in [0.1, 0.15) is 5.56 Å². The van der Waals surface area contributed by atoms with Gasteiger partial charge in [0.05, 0.1) is 24.4 Å². The number of hydrogen-bond donors (Lipinski definition) is 1. The Bertz CT molecular complexity index is 1380. The number of carbonyl (C=O) groups is 1. The lowest BCUT2D eigenvalue weighted by molar-refractivity contribution is -0.139. The minimum atomic E-state index is -0.806. The molecule has 3 aromatic heterocycles. The molecule has 34 heavy (non-hydrogen) atoms. The highest BCUT2D eigenvalue weighted by atomic mass is 19.1. The first-order chi connectivity index (χ1) is 16.5. The van der Waals surface area contributed by atoms with E-state index in [4.69, 9.17) is 4.52 Å². The summed E-state index contributed by atoms with van der Waals surface area (Å²) in [5, 5.41) is 17.7. The summed E-state index contributed by atoms with van der Waals surface area (Å²) in [4.78, 5) is 21.5. The molecule has 1 aliphatic heterocycles. The summed E-state index contributed by atoms with van der Waals surface area (Å²) in [7, 11) is 0. The highest BCUT2D eigenvalue weighted by Crippen LogP contribution is 2.52. The Hall–Kier alpha value is -4.15. The first kappa shape index (κ1) is 20.5. The van der Waals surface area contributed by atoms with Gasteiger partial charge in [0, 0.05) is 24.7 Å². The summed E-state index contributed by atoms with van der Waals surface area (Å²) in [6, 6.07) is 9.74. The van der Waals surface area contributed by atoms with Crippen molar-refractivity contribution in [2.24, 2.45) is 17.8 Å². The summed E-state index contributed by atoms with van der Waals surface area (Å²) >= 11 is 0. The average molecular weight is 464 g/mol. The van der Waals surface area contributed by atoms with Gasteiger partial charge >= 0.3 is 5.97 Å². The number of benzene rings is 1. The predicted octanol–water partition coefficient (Wildman–Crippen LogP) is 3.09. The molecule has 0 amide bonds. The first-order valence-electron chi connectivity index (χ1n) is 10.7. The molecule has 172 valence electrons. The second-order valence-electron chi connectivity index (χ2n) is 8.51. The number of aliphatic carboxylic acids is 1. The van der Waals surface area contributed by atoms with E-state index in [1.165, 1.54) is 12.3 Å². The van der Waals surface area contributed by atoms with Gasteiger partial charge in [-0.1, -0.05) is 23.4 Å². The fourth-order valence-electron chi connectivity index (χ4n) is 4.75. The minimum Gasteiger partial charge on any atom is -0.481 e. The molecule has 2 atom stereocenters. The number of nitrogens with zero attached hydrogens (tertiary/aromatic N) is 6. The quantitative estimate of drug-likeness (QED) is 0.464. The van der Waals surface area contributed by atoms with E-state index in [0.29, 0.717) is 35.7 Å². The smallest absolute Gasteiger partial charge is 0.307 e. The van der Waals surface area contributed by atoms with Crippen LogP contribution in [-0.2, 0) is 11.3 Å². The highest BCUT2D eigenvalue weighted by Gasteiger charge is 2.60. The van der Waals surface area contributed by atoms with Crippen LogP contribution in [0.5, 0.6) is 0 Å². The fourth-order valence-corrected chi connectivity index (χ4v) is 4.75. The van der Waals surface area contributed by atoms with Crippen LogP contribution in [0.3, 0.4) is 0 Å². The lowest BCUT2D eigenvalue weighted by Gasteiger charge is -2.20. The van der Waals surface area contributed by atoms with Crippen LogP contribution >= 0.6 is 0 Å². The summed E-state index contributed by atoms with van der Waals surface area (Å²) in [6.45, 7) is 0.997. The molecule has 9 nitrogen and oxygen atoms in total. The molecule has 0 spiro atoms. The van der Waals surface area contributed by atoms with Crippen LogP contribution in [-0.4, -0.2) is 49.1 Å². The maximum atomic E-state index is 14.6. The monoisotopic (exact) mass is 464 g/mol. The van der Waals surface area contributed by atoms with Crippen molar-refractivity contribution in [3.8, 4) is 22.9 Å². The molecule has 1 saturated heterocycles. The molecule has 1 N–H and O–H groups in total. The molecule has 0 radical (unpaired) electrons. The lowest BCUT2D eigenvalue weighted by atomic mass is 10.2. The number of piperidine rings is 1. The molecule has 1 aromatic carbocycles. The van der Waals surface area contributed by atoms with Crippen LogP contribution < -0.4 is 4.90 Å². The zero-order valence-corrected chi connectivity index (χ0v) is 17.7. The van der Waals surface area contributed by atoms with Crippen molar-refractivity contribution in [3.05, 3.63) is 66.1 Å². The Labute approximate surface area is 191 Å². The number of rotatable bonds is 6. The third-order valence-electron chi connectivity index (χ3n) is 6.49. The zero-order chi connectivity index (χ0) is 23.4. The van der Waals surface area contributed by atoms with Crippen molar-refractivity contribution in [1.82, 2.24) is 24.9 Å². The van der Waals surface area contributed by atoms with Crippen molar-refractivity contribution in [1.29, 1.82) is 0 Å². The molecule has 2 unspecified atom stereocenters. The standard InChI is InChI=1S/C23H18F2N6O3/c24-15-4-2-1-3-12(15)9-31-19(17-5-6-34-29-17)7-18(28-31)21-26-8-16(25)22(27-21)30-10-13-14(11-30)20(13)23(32)33/h1-8,13-14,20H,9-11H2,(H,32,33). The molecule has 2 fully saturated rings. The van der Waals surface area contributed by atoms with Crippen LogP contribution in [0.4, 0.5) is 14.6 Å². The zero-order valence-electron chi connectivity index (χ0n) is 17.7. The number of carboxylic acid groups (broad SMARTS) is 1. The number of fused-ring (bicyclic) bond motifs is 1. The SMILES string of the molecule is O=C(O)C1C2CN(c3nc(-c4cc(-c5ccon5)n(Cc5ccccc5F)n4)ncc3F)CC21. The van der Waals surface area contributed by atoms with E-state index >= 15 is 0 Å². The van der Waals surface area contributed by atoms with E-state index in [-0.39, 0.29) is 41.8 Å². The Morgan fingerprint density at radius 1 is 1.12 bits per heavy atom. The lowest BCUT2D eigenvalue weighted by Crippen LogP contribution is -2.27. The van der Waals surface area contributed by atoms with E-state index in [2.05, 4.69) is 20.2 Å². The van der Waals surface area contributed by atoms with Gasteiger partial charge in [-0.05, 0) is 24.0 Å². The number of aromatic nitrogens is 5. The Balaban J connectivity index is 1.34. The summed E-state index contributed by atoms with van der Waals surface area (Å²) < 4.78 is 35.4. The number of hydrogen-bond acceptors (Lipinski definition) is 7. The van der Waals surface area contributed by atoms with Crippen molar-refractivity contribution >= 4 is 11.8 Å². The summed E-state index contributed by atoms with van der Waals surface area (Å²) in [5.74, 6) is -1.78. The molecular formula is C23H18F2N6O3. The van der Waals surface area contributed by atoms with Gasteiger partial charge in [0.25, 0.3) is 0 Å². The third-order valence-corrected chi connectivity index (χ3v) is 6.49. The molecule has 0 bridgehead atoms. The second kappa shape index (κ2) is 7.72. The summed E-state index contributed by atoms with van der Waals surface area (Å²) in [6.07, 6.45) is 2.51. The normalized spacial score (nSPS) is 21.0. The van der Waals surface area contributed by atoms with Crippen LogP contribution in [0.25, 0.3) is 22.9 Å². The molecule has 6 rings (SSSR count). The average Bonchev–Trinajstić information content (AvgIpc) is 3.28. The second-order valence-corrected chi connectivity index (χ2v) is 8.51. The van der Waals surface area contributed by atoms with E-state index < -0.39 is 11.8 Å². The third kappa shape index (κ3) is 3.40. The Morgan fingerprint density at radius 2 is 1.91 bits per heavy atom. The van der Waals surface area contributed by atoms with Crippen LogP contribution in [0, 0.1) is 29.4 Å². The number of anilines is 1. The minimum absolute atomic E-state index is 0.00839. The number of halogens is 2. The van der Waals surface area contributed by atoms with Crippen molar-refractivity contribution < 1.29 is 23.2 Å². The van der Waals surface area contributed by atoms with Gasteiger partial charge < -0.3 is 14.5 Å². The number of carboxylic acids is 1. The maximum absolute atomic E-state index is 14.6. The van der Waals surface area contributed by atoms with Crippen LogP contribution in [0.2, 0.25) is 0 Å². The molecule has 2 aliphatic rings. The maximum Gasteiger partial charge on any atom is 0.307 e. The first-order valence-corrected chi connectivity index (χ1v) is 10.7. The van der Waals surface area contributed by atoms with Gasteiger partial charge in [-0.15, -0.1) is 0 Å². The van der Waals surface area contributed by atoms with Crippen molar-refractivity contribution in [2.45, 2.75) is 6.54 Å². The molecule has 4 heterocycles. The van der Waals surface area contributed by atoms with Gasteiger partial charge in [0.1, 0.15) is 23.5 Å². The van der Waals surface area contributed by atoms with E-state index in [1.807, 2.05) is 0 Å².